The summed E-state index contributed by atoms with van der Waals surface area (Å²) in [6.07, 6.45) is 12.4. The van der Waals surface area contributed by atoms with Gasteiger partial charge in [0.15, 0.2) is 0 Å². The van der Waals surface area contributed by atoms with Gasteiger partial charge in [0, 0.05) is 38.2 Å². The molecular formula is C18H28N2O2. The fourth-order valence-electron chi connectivity index (χ4n) is 4.10. The van der Waals surface area contributed by atoms with Crippen molar-refractivity contribution >= 4 is 11.8 Å². The van der Waals surface area contributed by atoms with Gasteiger partial charge in [0.1, 0.15) is 0 Å². The second-order valence-corrected chi connectivity index (χ2v) is 6.89. The lowest BCUT2D eigenvalue weighted by atomic mass is 9.85. The Hall–Kier alpha value is -1.32. The van der Waals surface area contributed by atoms with Gasteiger partial charge in [0.25, 0.3) is 0 Å². The van der Waals surface area contributed by atoms with Crippen LogP contribution in [0.3, 0.4) is 0 Å². The van der Waals surface area contributed by atoms with Gasteiger partial charge in [-0.05, 0) is 57.3 Å². The minimum Gasteiger partial charge on any atom is -0.343 e. The third-order valence-corrected chi connectivity index (χ3v) is 5.34. The molecule has 2 aliphatic heterocycles. The van der Waals surface area contributed by atoms with Crippen LogP contribution in [-0.2, 0) is 9.59 Å². The summed E-state index contributed by atoms with van der Waals surface area (Å²) < 4.78 is 0. The Morgan fingerprint density at radius 3 is 2.45 bits per heavy atom. The average molecular weight is 304 g/mol. The van der Waals surface area contributed by atoms with Crippen LogP contribution in [0.25, 0.3) is 0 Å². The zero-order valence-electron chi connectivity index (χ0n) is 13.6. The molecule has 22 heavy (non-hydrogen) atoms. The summed E-state index contributed by atoms with van der Waals surface area (Å²) in [6.45, 7) is 2.60. The van der Waals surface area contributed by atoms with E-state index in [4.69, 9.17) is 0 Å². The van der Waals surface area contributed by atoms with Crippen molar-refractivity contribution in [3.63, 3.8) is 0 Å². The molecule has 0 bridgehead atoms. The Morgan fingerprint density at radius 1 is 0.909 bits per heavy atom. The van der Waals surface area contributed by atoms with E-state index in [9.17, 15) is 9.59 Å². The van der Waals surface area contributed by atoms with Crippen LogP contribution >= 0.6 is 0 Å². The number of nitrogens with zero attached hydrogens (tertiary/aromatic N) is 2. The van der Waals surface area contributed by atoms with Gasteiger partial charge >= 0.3 is 0 Å². The van der Waals surface area contributed by atoms with Crippen molar-refractivity contribution in [2.24, 2.45) is 5.92 Å². The van der Waals surface area contributed by atoms with Gasteiger partial charge in [-0.2, -0.15) is 0 Å². The number of allylic oxidation sites excluding steroid dienone is 2. The molecule has 0 spiro atoms. The van der Waals surface area contributed by atoms with Gasteiger partial charge in [-0.3, -0.25) is 9.59 Å². The van der Waals surface area contributed by atoms with Crippen molar-refractivity contribution in [3.8, 4) is 0 Å². The molecule has 3 aliphatic rings. The zero-order chi connectivity index (χ0) is 15.4. The van der Waals surface area contributed by atoms with Crippen molar-refractivity contribution in [1.82, 2.24) is 9.80 Å². The van der Waals surface area contributed by atoms with Gasteiger partial charge in [-0.15, -0.1) is 0 Å². The van der Waals surface area contributed by atoms with Crippen LogP contribution in [0.4, 0.5) is 0 Å². The highest BCUT2D eigenvalue weighted by Gasteiger charge is 2.30. The number of hydrogen-bond donors (Lipinski definition) is 0. The molecule has 2 heterocycles. The maximum Gasteiger partial charge on any atom is 0.227 e. The lowest BCUT2D eigenvalue weighted by Crippen LogP contribution is -2.40. The summed E-state index contributed by atoms with van der Waals surface area (Å²) in [6, 6.07) is 0. The first-order chi connectivity index (χ1) is 10.8. The Bertz CT molecular complexity index is 452. The SMILES string of the molecule is O=C(CCC(=O)N1CCCC2CCCC=C21)N1CCCCC1. The lowest BCUT2D eigenvalue weighted by molar-refractivity contribution is -0.137. The summed E-state index contributed by atoms with van der Waals surface area (Å²) in [5.41, 5.74) is 1.26. The smallest absolute Gasteiger partial charge is 0.227 e. The van der Waals surface area contributed by atoms with Crippen LogP contribution in [0.15, 0.2) is 11.8 Å². The number of carbonyl (C=O) groups is 2. The molecule has 4 nitrogen and oxygen atoms in total. The first-order valence-electron chi connectivity index (χ1n) is 9.04. The molecule has 0 N–H and O–H groups in total. The van der Waals surface area contributed by atoms with E-state index >= 15 is 0 Å². The van der Waals surface area contributed by atoms with Crippen LogP contribution in [0, 0.1) is 5.92 Å². The number of hydrogen-bond acceptors (Lipinski definition) is 2. The Kier molecular flexibility index (Phi) is 5.16. The van der Waals surface area contributed by atoms with E-state index in [1.54, 1.807) is 0 Å². The highest BCUT2D eigenvalue weighted by Crippen LogP contribution is 2.35. The number of amides is 2. The standard InChI is InChI=1S/C18H28N2O2/c21-17(19-12-4-1-5-13-19)10-11-18(22)20-14-6-8-15-7-2-3-9-16(15)20/h9,15H,1-8,10-14H2. The molecule has 0 aromatic rings. The molecule has 0 aromatic heterocycles. The van der Waals surface area contributed by atoms with Gasteiger partial charge in [-0.25, -0.2) is 0 Å². The lowest BCUT2D eigenvalue weighted by Gasteiger charge is -2.38. The highest BCUT2D eigenvalue weighted by molar-refractivity contribution is 5.84. The van der Waals surface area contributed by atoms with E-state index in [0.717, 1.165) is 45.3 Å². The Morgan fingerprint density at radius 2 is 1.64 bits per heavy atom. The summed E-state index contributed by atoms with van der Waals surface area (Å²) in [7, 11) is 0. The number of piperidine rings is 2. The van der Waals surface area contributed by atoms with E-state index in [0.29, 0.717) is 18.8 Å². The number of likely N-dealkylation sites (tertiary alicyclic amines) is 2. The van der Waals surface area contributed by atoms with E-state index in [1.165, 1.54) is 31.4 Å². The molecule has 2 amide bonds. The van der Waals surface area contributed by atoms with E-state index in [2.05, 4.69) is 6.08 Å². The molecule has 1 atom stereocenters. The van der Waals surface area contributed by atoms with Crippen molar-refractivity contribution < 1.29 is 9.59 Å². The Balaban J connectivity index is 1.52. The van der Waals surface area contributed by atoms with Gasteiger partial charge in [0.2, 0.25) is 11.8 Å². The first-order valence-corrected chi connectivity index (χ1v) is 9.04. The molecule has 0 saturated carbocycles. The predicted octanol–water partition coefficient (Wildman–Crippen LogP) is 3.09. The largest absolute Gasteiger partial charge is 0.343 e. The first kappa shape index (κ1) is 15.6. The van der Waals surface area contributed by atoms with Crippen LogP contribution in [0.1, 0.15) is 64.2 Å². The van der Waals surface area contributed by atoms with E-state index in [-0.39, 0.29) is 11.8 Å². The van der Waals surface area contributed by atoms with E-state index < -0.39 is 0 Å². The summed E-state index contributed by atoms with van der Waals surface area (Å²) in [5, 5.41) is 0. The zero-order valence-corrected chi connectivity index (χ0v) is 13.6. The normalized spacial score (nSPS) is 25.5. The maximum atomic E-state index is 12.6. The molecule has 2 saturated heterocycles. The average Bonchev–Trinajstić information content (AvgIpc) is 2.59. The molecule has 0 radical (unpaired) electrons. The molecule has 122 valence electrons. The predicted molar refractivity (Wildman–Crippen MR) is 86.0 cm³/mol. The second kappa shape index (κ2) is 7.30. The van der Waals surface area contributed by atoms with Crippen molar-refractivity contribution in [2.45, 2.75) is 64.2 Å². The summed E-state index contributed by atoms with van der Waals surface area (Å²) in [5.74, 6) is 0.909. The number of fused-ring (bicyclic) bond motifs is 1. The van der Waals surface area contributed by atoms with Gasteiger partial charge in [0.05, 0.1) is 0 Å². The highest BCUT2D eigenvalue weighted by atomic mass is 16.2. The third kappa shape index (κ3) is 3.53. The van der Waals surface area contributed by atoms with E-state index in [1.807, 2.05) is 9.80 Å². The summed E-state index contributed by atoms with van der Waals surface area (Å²) in [4.78, 5) is 28.7. The van der Waals surface area contributed by atoms with Crippen LogP contribution in [0.2, 0.25) is 0 Å². The molecule has 1 unspecified atom stereocenters. The second-order valence-electron chi connectivity index (χ2n) is 6.89. The van der Waals surface area contributed by atoms with Crippen LogP contribution < -0.4 is 0 Å². The quantitative estimate of drug-likeness (QED) is 0.804. The fourth-order valence-corrected chi connectivity index (χ4v) is 4.10. The molecule has 0 aromatic carbocycles. The molecule has 4 heteroatoms. The Labute approximate surface area is 133 Å². The topological polar surface area (TPSA) is 40.6 Å². The third-order valence-electron chi connectivity index (χ3n) is 5.34. The minimum absolute atomic E-state index is 0.156. The maximum absolute atomic E-state index is 12.6. The fraction of sp³-hybridized carbons (Fsp3) is 0.778. The molecular weight excluding hydrogens is 276 g/mol. The van der Waals surface area contributed by atoms with Crippen LogP contribution in [-0.4, -0.2) is 41.2 Å². The van der Waals surface area contributed by atoms with Crippen molar-refractivity contribution in [1.29, 1.82) is 0 Å². The molecule has 1 aliphatic carbocycles. The van der Waals surface area contributed by atoms with Crippen LogP contribution in [0.5, 0.6) is 0 Å². The van der Waals surface area contributed by atoms with Crippen molar-refractivity contribution in [3.05, 3.63) is 11.8 Å². The molecule has 3 rings (SSSR count). The monoisotopic (exact) mass is 304 g/mol. The van der Waals surface area contributed by atoms with Crippen molar-refractivity contribution in [2.75, 3.05) is 19.6 Å². The minimum atomic E-state index is 0.156. The number of carbonyl (C=O) groups excluding carboxylic acids is 2. The molecule has 2 fully saturated rings. The van der Waals surface area contributed by atoms with Gasteiger partial charge in [-0.1, -0.05) is 6.08 Å². The summed E-state index contributed by atoms with van der Waals surface area (Å²) >= 11 is 0. The van der Waals surface area contributed by atoms with Gasteiger partial charge < -0.3 is 9.80 Å². The number of rotatable bonds is 3.